The molecule has 2 rings (SSSR count). The molecular formula is C14H20ClNO2S. The summed E-state index contributed by atoms with van der Waals surface area (Å²) in [7, 11) is -3.15. The fraction of sp³-hybridized carbons (Fsp3) is 0.571. The van der Waals surface area contributed by atoms with Gasteiger partial charge in [0, 0.05) is 18.5 Å². The van der Waals surface area contributed by atoms with Crippen LogP contribution in [0, 0.1) is 0 Å². The van der Waals surface area contributed by atoms with Gasteiger partial charge in [0.1, 0.15) is 0 Å². The van der Waals surface area contributed by atoms with Gasteiger partial charge in [-0.3, -0.25) is 0 Å². The average Bonchev–Trinajstić information content (AvgIpc) is 2.90. The predicted molar refractivity (Wildman–Crippen MR) is 78.9 cm³/mol. The van der Waals surface area contributed by atoms with E-state index in [1.54, 1.807) is 4.31 Å². The van der Waals surface area contributed by atoms with E-state index in [1.165, 1.54) is 0 Å². The van der Waals surface area contributed by atoms with Gasteiger partial charge >= 0.3 is 0 Å². The zero-order chi connectivity index (χ0) is 13.7. The molecule has 0 N–H and O–H groups in total. The summed E-state index contributed by atoms with van der Waals surface area (Å²) < 4.78 is 26.4. The van der Waals surface area contributed by atoms with Crippen molar-refractivity contribution in [2.75, 3.05) is 18.2 Å². The minimum absolute atomic E-state index is 0.0159. The number of unbranched alkanes of at least 4 members (excludes halogenated alkanes) is 1. The Labute approximate surface area is 120 Å². The van der Waals surface area contributed by atoms with Crippen LogP contribution in [0.1, 0.15) is 37.3 Å². The zero-order valence-electron chi connectivity index (χ0n) is 11.0. The molecule has 1 heterocycles. The van der Waals surface area contributed by atoms with Crippen LogP contribution in [-0.2, 0) is 10.0 Å². The van der Waals surface area contributed by atoms with Crippen LogP contribution in [0.5, 0.6) is 0 Å². The highest BCUT2D eigenvalue weighted by Crippen LogP contribution is 2.34. The van der Waals surface area contributed by atoms with Crippen LogP contribution < -0.4 is 0 Å². The van der Waals surface area contributed by atoms with Gasteiger partial charge in [-0.15, -0.1) is 11.6 Å². The Morgan fingerprint density at radius 2 is 1.95 bits per heavy atom. The standard InChI is InChI=1S/C14H20ClNO2S/c15-10-4-5-12-19(17,18)16-11-6-9-14(16)13-7-2-1-3-8-13/h1-3,7-8,14H,4-6,9-12H2. The molecule has 1 aromatic carbocycles. The summed E-state index contributed by atoms with van der Waals surface area (Å²) in [6, 6.07) is 9.92. The van der Waals surface area contributed by atoms with Crippen molar-refractivity contribution in [3.8, 4) is 0 Å². The second-order valence-electron chi connectivity index (χ2n) is 4.89. The quantitative estimate of drug-likeness (QED) is 0.598. The first-order valence-electron chi connectivity index (χ1n) is 6.75. The molecule has 1 fully saturated rings. The molecule has 1 atom stereocenters. The van der Waals surface area contributed by atoms with Gasteiger partial charge < -0.3 is 0 Å². The van der Waals surface area contributed by atoms with E-state index in [0.717, 1.165) is 24.8 Å². The summed E-state index contributed by atoms with van der Waals surface area (Å²) in [4.78, 5) is 0. The fourth-order valence-electron chi connectivity index (χ4n) is 2.58. The molecule has 0 aromatic heterocycles. The number of sulfonamides is 1. The summed E-state index contributed by atoms with van der Waals surface area (Å²) in [5.74, 6) is 0.737. The lowest BCUT2D eigenvalue weighted by Gasteiger charge is -2.24. The Balaban J connectivity index is 2.10. The highest BCUT2D eigenvalue weighted by molar-refractivity contribution is 7.89. The molecule has 5 heteroatoms. The van der Waals surface area contributed by atoms with Gasteiger partial charge in [-0.25, -0.2) is 8.42 Å². The molecule has 0 radical (unpaired) electrons. The molecule has 1 aliphatic heterocycles. The van der Waals surface area contributed by atoms with E-state index in [2.05, 4.69) is 0 Å². The van der Waals surface area contributed by atoms with Crippen LogP contribution in [0.25, 0.3) is 0 Å². The SMILES string of the molecule is O=S(=O)(CCCCCl)N1CCCC1c1ccccc1. The zero-order valence-corrected chi connectivity index (χ0v) is 12.5. The lowest BCUT2D eigenvalue weighted by molar-refractivity contribution is 0.396. The Kier molecular flexibility index (Phi) is 5.25. The molecule has 1 unspecified atom stereocenters. The topological polar surface area (TPSA) is 37.4 Å². The second-order valence-corrected chi connectivity index (χ2v) is 7.31. The minimum Gasteiger partial charge on any atom is -0.212 e. The number of alkyl halides is 1. The summed E-state index contributed by atoms with van der Waals surface area (Å²) in [5, 5.41) is 0. The second kappa shape index (κ2) is 6.73. The molecule has 0 spiro atoms. The molecule has 0 bridgehead atoms. The van der Waals surface area contributed by atoms with Gasteiger partial charge in [0.15, 0.2) is 0 Å². The minimum atomic E-state index is -3.15. The first-order chi connectivity index (χ1) is 9.15. The smallest absolute Gasteiger partial charge is 0.212 e. The number of halogens is 1. The monoisotopic (exact) mass is 301 g/mol. The normalized spacial score (nSPS) is 20.8. The first kappa shape index (κ1) is 14.8. The molecule has 19 heavy (non-hydrogen) atoms. The third-order valence-corrected chi connectivity index (χ3v) is 5.75. The van der Waals surface area contributed by atoms with Crippen LogP contribution in [0.3, 0.4) is 0 Å². The number of hydrogen-bond donors (Lipinski definition) is 0. The summed E-state index contributed by atoms with van der Waals surface area (Å²) in [6.07, 6.45) is 3.25. The molecule has 1 aromatic rings. The highest BCUT2D eigenvalue weighted by atomic mass is 35.5. The maximum atomic E-state index is 12.4. The molecule has 1 saturated heterocycles. The van der Waals surface area contributed by atoms with Crippen molar-refractivity contribution >= 4 is 21.6 Å². The molecule has 0 saturated carbocycles. The van der Waals surface area contributed by atoms with Crippen molar-refractivity contribution in [2.24, 2.45) is 0 Å². The van der Waals surface area contributed by atoms with Crippen molar-refractivity contribution in [2.45, 2.75) is 31.7 Å². The average molecular weight is 302 g/mol. The van der Waals surface area contributed by atoms with Gasteiger partial charge in [0.2, 0.25) is 10.0 Å². The molecule has 0 amide bonds. The van der Waals surface area contributed by atoms with E-state index >= 15 is 0 Å². The highest BCUT2D eigenvalue weighted by Gasteiger charge is 2.34. The van der Waals surface area contributed by atoms with Crippen molar-refractivity contribution in [3.63, 3.8) is 0 Å². The van der Waals surface area contributed by atoms with E-state index in [9.17, 15) is 8.42 Å². The number of rotatable bonds is 6. The molecule has 3 nitrogen and oxygen atoms in total. The van der Waals surface area contributed by atoms with Gasteiger partial charge in [0.05, 0.1) is 5.75 Å². The van der Waals surface area contributed by atoms with Gasteiger partial charge in [0.25, 0.3) is 0 Å². The molecule has 1 aliphatic rings. The lowest BCUT2D eigenvalue weighted by atomic mass is 10.1. The third-order valence-electron chi connectivity index (χ3n) is 3.53. The predicted octanol–water partition coefficient (Wildman–Crippen LogP) is 3.17. The van der Waals surface area contributed by atoms with E-state index in [4.69, 9.17) is 11.6 Å². The number of benzene rings is 1. The van der Waals surface area contributed by atoms with Gasteiger partial charge in [-0.05, 0) is 31.2 Å². The Hall–Kier alpha value is -0.580. The van der Waals surface area contributed by atoms with Crippen LogP contribution >= 0.6 is 11.6 Å². The van der Waals surface area contributed by atoms with Crippen LogP contribution in [0.4, 0.5) is 0 Å². The summed E-state index contributed by atoms with van der Waals surface area (Å²) in [5.41, 5.74) is 1.10. The Bertz CT molecular complexity index is 489. The number of hydrogen-bond acceptors (Lipinski definition) is 2. The van der Waals surface area contributed by atoms with Crippen LogP contribution in [0.2, 0.25) is 0 Å². The third kappa shape index (κ3) is 3.71. The van der Waals surface area contributed by atoms with Crippen LogP contribution in [0.15, 0.2) is 30.3 Å². The first-order valence-corrected chi connectivity index (χ1v) is 8.90. The van der Waals surface area contributed by atoms with E-state index in [0.29, 0.717) is 18.8 Å². The number of nitrogens with zero attached hydrogens (tertiary/aromatic N) is 1. The molecular weight excluding hydrogens is 282 g/mol. The maximum Gasteiger partial charge on any atom is 0.214 e. The van der Waals surface area contributed by atoms with Crippen molar-refractivity contribution in [1.29, 1.82) is 0 Å². The van der Waals surface area contributed by atoms with E-state index in [-0.39, 0.29) is 11.8 Å². The van der Waals surface area contributed by atoms with Crippen molar-refractivity contribution in [1.82, 2.24) is 4.31 Å². The Morgan fingerprint density at radius 1 is 1.21 bits per heavy atom. The maximum absolute atomic E-state index is 12.4. The Morgan fingerprint density at radius 3 is 2.63 bits per heavy atom. The van der Waals surface area contributed by atoms with Gasteiger partial charge in [-0.1, -0.05) is 30.3 Å². The fourth-order valence-corrected chi connectivity index (χ4v) is 4.59. The molecule has 0 aliphatic carbocycles. The molecule has 106 valence electrons. The summed E-state index contributed by atoms with van der Waals surface area (Å²) in [6.45, 7) is 0.642. The van der Waals surface area contributed by atoms with E-state index < -0.39 is 10.0 Å². The lowest BCUT2D eigenvalue weighted by Crippen LogP contribution is -2.32. The van der Waals surface area contributed by atoms with Crippen LogP contribution in [-0.4, -0.2) is 30.9 Å². The van der Waals surface area contributed by atoms with Crippen molar-refractivity contribution in [3.05, 3.63) is 35.9 Å². The largest absolute Gasteiger partial charge is 0.214 e. The van der Waals surface area contributed by atoms with E-state index in [1.807, 2.05) is 30.3 Å². The van der Waals surface area contributed by atoms with Gasteiger partial charge in [-0.2, -0.15) is 4.31 Å². The summed E-state index contributed by atoms with van der Waals surface area (Å²) >= 11 is 5.61. The van der Waals surface area contributed by atoms with Crippen molar-refractivity contribution < 1.29 is 8.42 Å².